The molecule has 14 heavy (non-hydrogen) atoms. The lowest BCUT2D eigenvalue weighted by molar-refractivity contribution is -0.157. The van der Waals surface area contributed by atoms with Gasteiger partial charge in [0, 0.05) is 11.8 Å². The average molecular weight is 196 g/mol. The molecule has 2 nitrogen and oxygen atoms in total. The van der Waals surface area contributed by atoms with E-state index in [-0.39, 0.29) is 22.9 Å². The molecule has 3 unspecified atom stereocenters. The lowest BCUT2D eigenvalue weighted by Crippen LogP contribution is -2.39. The Morgan fingerprint density at radius 2 is 1.86 bits per heavy atom. The van der Waals surface area contributed by atoms with Crippen LogP contribution in [0.1, 0.15) is 47.0 Å². The van der Waals surface area contributed by atoms with E-state index in [0.29, 0.717) is 5.92 Å². The zero-order valence-electron chi connectivity index (χ0n) is 9.59. The normalized spacial score (nSPS) is 45.9. The van der Waals surface area contributed by atoms with E-state index in [9.17, 15) is 4.79 Å². The Labute approximate surface area is 86.0 Å². The van der Waals surface area contributed by atoms with Gasteiger partial charge in [0.15, 0.2) is 0 Å². The van der Waals surface area contributed by atoms with Crippen molar-refractivity contribution in [3.05, 3.63) is 0 Å². The van der Waals surface area contributed by atoms with Crippen LogP contribution in [-0.2, 0) is 9.53 Å². The summed E-state index contributed by atoms with van der Waals surface area (Å²) in [6, 6.07) is 0. The van der Waals surface area contributed by atoms with E-state index >= 15 is 0 Å². The molecular formula is C12H20O2. The number of hydrogen-bond donors (Lipinski definition) is 0. The van der Waals surface area contributed by atoms with Gasteiger partial charge in [-0.25, -0.2) is 0 Å². The number of carbonyl (C=O) groups is 1. The van der Waals surface area contributed by atoms with E-state index in [0.717, 1.165) is 12.8 Å². The van der Waals surface area contributed by atoms with Crippen molar-refractivity contribution >= 4 is 5.97 Å². The molecule has 0 radical (unpaired) electrons. The van der Waals surface area contributed by atoms with Crippen LogP contribution < -0.4 is 0 Å². The van der Waals surface area contributed by atoms with Crippen LogP contribution in [0.5, 0.6) is 0 Å². The van der Waals surface area contributed by atoms with Gasteiger partial charge in [0.25, 0.3) is 0 Å². The van der Waals surface area contributed by atoms with E-state index in [1.807, 2.05) is 6.92 Å². The zero-order chi connectivity index (χ0) is 10.6. The molecule has 0 aromatic rings. The molecule has 0 aromatic heterocycles. The van der Waals surface area contributed by atoms with E-state index in [4.69, 9.17) is 4.74 Å². The Hall–Kier alpha value is -0.530. The van der Waals surface area contributed by atoms with E-state index in [1.165, 1.54) is 6.42 Å². The highest BCUT2D eigenvalue weighted by atomic mass is 16.6. The molecule has 3 atom stereocenters. The molecule has 1 spiro atoms. The second-order valence-electron chi connectivity index (χ2n) is 5.92. The maximum atomic E-state index is 11.5. The SMILES string of the molecule is CC1CC(C)(C)C2(C1)CC(C)C(=O)O2. The minimum absolute atomic E-state index is 0.00664. The second kappa shape index (κ2) is 2.74. The first-order chi connectivity index (χ1) is 6.36. The van der Waals surface area contributed by atoms with Gasteiger partial charge in [0.2, 0.25) is 0 Å². The lowest BCUT2D eigenvalue weighted by Gasteiger charge is -2.36. The third-order valence-electron chi connectivity index (χ3n) is 4.10. The molecule has 0 N–H and O–H groups in total. The van der Waals surface area contributed by atoms with Gasteiger partial charge < -0.3 is 4.74 Å². The molecule has 0 aromatic carbocycles. The molecule has 1 heterocycles. The van der Waals surface area contributed by atoms with Crippen molar-refractivity contribution in [3.8, 4) is 0 Å². The first kappa shape index (κ1) is 10.0. The quantitative estimate of drug-likeness (QED) is 0.557. The van der Waals surface area contributed by atoms with Crippen molar-refractivity contribution in [2.24, 2.45) is 17.3 Å². The number of ether oxygens (including phenoxy) is 1. The molecule has 2 heteroatoms. The van der Waals surface area contributed by atoms with E-state index in [1.54, 1.807) is 0 Å². The molecule has 1 saturated carbocycles. The summed E-state index contributed by atoms with van der Waals surface area (Å²) in [7, 11) is 0. The largest absolute Gasteiger partial charge is 0.458 e. The number of esters is 1. The molecule has 1 saturated heterocycles. The van der Waals surface area contributed by atoms with Crippen LogP contribution in [0.25, 0.3) is 0 Å². The van der Waals surface area contributed by atoms with Gasteiger partial charge in [-0.2, -0.15) is 0 Å². The van der Waals surface area contributed by atoms with Crippen LogP contribution in [0.15, 0.2) is 0 Å². The van der Waals surface area contributed by atoms with Crippen molar-refractivity contribution < 1.29 is 9.53 Å². The van der Waals surface area contributed by atoms with Gasteiger partial charge in [-0.3, -0.25) is 4.79 Å². The molecule has 0 amide bonds. The number of carbonyl (C=O) groups excluding carboxylic acids is 1. The Balaban J connectivity index is 2.29. The van der Waals surface area contributed by atoms with Crippen LogP contribution in [0.4, 0.5) is 0 Å². The van der Waals surface area contributed by atoms with Crippen molar-refractivity contribution in [2.75, 3.05) is 0 Å². The molecule has 2 fully saturated rings. The summed E-state index contributed by atoms with van der Waals surface area (Å²) in [5.74, 6) is 0.787. The minimum Gasteiger partial charge on any atom is -0.458 e. The van der Waals surface area contributed by atoms with Crippen LogP contribution in [0.3, 0.4) is 0 Å². The average Bonchev–Trinajstić information content (AvgIpc) is 2.36. The Bertz CT molecular complexity index is 269. The van der Waals surface area contributed by atoms with E-state index < -0.39 is 0 Å². The smallest absolute Gasteiger partial charge is 0.309 e. The standard InChI is InChI=1S/C12H20O2/c1-8-5-11(3,4)12(6-8)7-9(2)10(13)14-12/h8-9H,5-7H2,1-4H3. The van der Waals surface area contributed by atoms with Crippen molar-refractivity contribution in [2.45, 2.75) is 52.6 Å². The van der Waals surface area contributed by atoms with Crippen LogP contribution >= 0.6 is 0 Å². The van der Waals surface area contributed by atoms with Gasteiger partial charge >= 0.3 is 5.97 Å². The van der Waals surface area contributed by atoms with Crippen LogP contribution in [0, 0.1) is 17.3 Å². The summed E-state index contributed by atoms with van der Waals surface area (Å²) in [5, 5.41) is 0. The number of hydrogen-bond acceptors (Lipinski definition) is 2. The van der Waals surface area contributed by atoms with Gasteiger partial charge in [-0.05, 0) is 18.8 Å². The molecule has 1 aliphatic heterocycles. The zero-order valence-corrected chi connectivity index (χ0v) is 9.59. The van der Waals surface area contributed by atoms with Crippen LogP contribution in [-0.4, -0.2) is 11.6 Å². The molecular weight excluding hydrogens is 176 g/mol. The predicted octanol–water partition coefficient (Wildman–Crippen LogP) is 2.76. The highest BCUT2D eigenvalue weighted by Gasteiger charge is 2.58. The van der Waals surface area contributed by atoms with Crippen LogP contribution in [0.2, 0.25) is 0 Å². The second-order valence-corrected chi connectivity index (χ2v) is 5.92. The summed E-state index contributed by atoms with van der Waals surface area (Å²) in [6.07, 6.45) is 3.15. The van der Waals surface area contributed by atoms with Gasteiger partial charge in [-0.15, -0.1) is 0 Å². The van der Waals surface area contributed by atoms with Gasteiger partial charge in [0.05, 0.1) is 5.92 Å². The fourth-order valence-electron chi connectivity index (χ4n) is 3.42. The number of rotatable bonds is 0. The summed E-state index contributed by atoms with van der Waals surface area (Å²) in [6.45, 7) is 8.72. The van der Waals surface area contributed by atoms with Gasteiger partial charge in [0.1, 0.15) is 5.60 Å². The minimum atomic E-state index is -0.150. The maximum absolute atomic E-state index is 11.5. The first-order valence-corrected chi connectivity index (χ1v) is 5.59. The summed E-state index contributed by atoms with van der Waals surface area (Å²) in [5.41, 5.74) is 0.00968. The predicted molar refractivity (Wildman–Crippen MR) is 54.8 cm³/mol. The summed E-state index contributed by atoms with van der Waals surface area (Å²) in [4.78, 5) is 11.5. The fraction of sp³-hybridized carbons (Fsp3) is 0.917. The van der Waals surface area contributed by atoms with Gasteiger partial charge in [-0.1, -0.05) is 27.7 Å². The molecule has 0 bridgehead atoms. The van der Waals surface area contributed by atoms with Crippen molar-refractivity contribution in [1.29, 1.82) is 0 Å². The molecule has 80 valence electrons. The third-order valence-corrected chi connectivity index (χ3v) is 4.10. The molecule has 2 rings (SSSR count). The Morgan fingerprint density at radius 1 is 1.21 bits per heavy atom. The monoisotopic (exact) mass is 196 g/mol. The first-order valence-electron chi connectivity index (χ1n) is 5.59. The summed E-state index contributed by atoms with van der Waals surface area (Å²) >= 11 is 0. The topological polar surface area (TPSA) is 26.3 Å². The fourth-order valence-corrected chi connectivity index (χ4v) is 3.42. The summed E-state index contributed by atoms with van der Waals surface area (Å²) < 4.78 is 5.67. The van der Waals surface area contributed by atoms with E-state index in [2.05, 4.69) is 20.8 Å². The Kier molecular flexibility index (Phi) is 1.96. The molecule has 2 aliphatic rings. The van der Waals surface area contributed by atoms with Crippen molar-refractivity contribution in [3.63, 3.8) is 0 Å². The maximum Gasteiger partial charge on any atom is 0.309 e. The highest BCUT2D eigenvalue weighted by Crippen LogP contribution is 2.56. The lowest BCUT2D eigenvalue weighted by atomic mass is 9.75. The molecule has 1 aliphatic carbocycles. The highest BCUT2D eigenvalue weighted by molar-refractivity contribution is 5.75. The Morgan fingerprint density at radius 3 is 2.21 bits per heavy atom. The third kappa shape index (κ3) is 1.19. The van der Waals surface area contributed by atoms with Crippen molar-refractivity contribution in [1.82, 2.24) is 0 Å².